The molecule has 5 heteroatoms. The van der Waals surface area contributed by atoms with E-state index in [-0.39, 0.29) is 5.91 Å². The zero-order valence-corrected chi connectivity index (χ0v) is 13.2. The Kier molecular flexibility index (Phi) is 4.51. The number of amides is 1. The van der Waals surface area contributed by atoms with Gasteiger partial charge >= 0.3 is 0 Å². The number of carbonyl (C=O) groups excluding carboxylic acids is 1. The van der Waals surface area contributed by atoms with Crippen LogP contribution in [0.3, 0.4) is 0 Å². The third-order valence-corrected chi connectivity index (χ3v) is 4.29. The molecule has 21 heavy (non-hydrogen) atoms. The van der Waals surface area contributed by atoms with Gasteiger partial charge in [0.1, 0.15) is 5.82 Å². The highest BCUT2D eigenvalue weighted by atomic mass is 79.9. The van der Waals surface area contributed by atoms with Crippen molar-refractivity contribution in [2.24, 2.45) is 5.92 Å². The average molecular weight is 349 g/mol. The molecule has 2 aromatic rings. The van der Waals surface area contributed by atoms with Gasteiger partial charge in [-0.3, -0.25) is 4.79 Å². The van der Waals surface area contributed by atoms with Gasteiger partial charge in [0.15, 0.2) is 0 Å². The molecule has 0 bridgehead atoms. The second kappa shape index (κ2) is 6.54. The molecular formula is C16H17BrN2O2. The lowest BCUT2D eigenvalue weighted by molar-refractivity contribution is -0.117. The van der Waals surface area contributed by atoms with Crippen molar-refractivity contribution in [1.82, 2.24) is 4.98 Å². The summed E-state index contributed by atoms with van der Waals surface area (Å²) in [5.74, 6) is 1.09. The SMILES string of the molecule is O=C(CC1CCOCC1)Nc1nccc2cc(Br)ccc12. The first-order valence-corrected chi connectivity index (χ1v) is 7.93. The Morgan fingerprint density at radius 3 is 2.95 bits per heavy atom. The molecule has 0 spiro atoms. The molecule has 1 fully saturated rings. The van der Waals surface area contributed by atoms with Crippen LogP contribution >= 0.6 is 15.9 Å². The topological polar surface area (TPSA) is 51.2 Å². The van der Waals surface area contributed by atoms with Crippen LogP contribution in [0.5, 0.6) is 0 Å². The summed E-state index contributed by atoms with van der Waals surface area (Å²) in [6.07, 6.45) is 4.18. The summed E-state index contributed by atoms with van der Waals surface area (Å²) < 4.78 is 6.33. The summed E-state index contributed by atoms with van der Waals surface area (Å²) in [7, 11) is 0. The van der Waals surface area contributed by atoms with E-state index in [1.165, 1.54) is 0 Å². The lowest BCUT2D eigenvalue weighted by Crippen LogP contribution is -2.22. The molecule has 1 aromatic carbocycles. The Morgan fingerprint density at radius 2 is 2.14 bits per heavy atom. The van der Waals surface area contributed by atoms with Crippen LogP contribution in [0, 0.1) is 5.92 Å². The van der Waals surface area contributed by atoms with Crippen LogP contribution in [0.4, 0.5) is 5.82 Å². The molecule has 1 aromatic heterocycles. The average Bonchev–Trinajstić information content (AvgIpc) is 2.48. The number of aromatic nitrogens is 1. The second-order valence-electron chi connectivity index (χ2n) is 5.33. The number of anilines is 1. The van der Waals surface area contributed by atoms with Crippen LogP contribution in [0.25, 0.3) is 10.8 Å². The number of carbonyl (C=O) groups is 1. The highest BCUT2D eigenvalue weighted by molar-refractivity contribution is 9.10. The first kappa shape index (κ1) is 14.5. The van der Waals surface area contributed by atoms with Gasteiger partial charge in [-0.2, -0.15) is 0 Å². The zero-order valence-electron chi connectivity index (χ0n) is 11.6. The molecule has 0 atom stereocenters. The second-order valence-corrected chi connectivity index (χ2v) is 6.25. The lowest BCUT2D eigenvalue weighted by Gasteiger charge is -2.21. The number of hydrogen-bond acceptors (Lipinski definition) is 3. The molecule has 3 rings (SSSR count). The maximum absolute atomic E-state index is 12.2. The Hall–Kier alpha value is -1.46. The minimum absolute atomic E-state index is 0.0322. The van der Waals surface area contributed by atoms with E-state index in [4.69, 9.17) is 4.74 Å². The Morgan fingerprint density at radius 1 is 1.33 bits per heavy atom. The summed E-state index contributed by atoms with van der Waals surface area (Å²) in [6, 6.07) is 7.88. The molecule has 0 unspecified atom stereocenters. The number of halogens is 1. The smallest absolute Gasteiger partial charge is 0.225 e. The third-order valence-electron chi connectivity index (χ3n) is 3.80. The van der Waals surface area contributed by atoms with Crippen molar-refractivity contribution in [1.29, 1.82) is 0 Å². The molecule has 0 aliphatic carbocycles. The summed E-state index contributed by atoms with van der Waals surface area (Å²) in [4.78, 5) is 16.5. The molecule has 1 aliphatic heterocycles. The van der Waals surface area contributed by atoms with Gasteiger partial charge in [-0.25, -0.2) is 4.98 Å². The van der Waals surface area contributed by atoms with Crippen molar-refractivity contribution >= 4 is 38.4 Å². The molecule has 0 saturated carbocycles. The van der Waals surface area contributed by atoms with Crippen LogP contribution in [0.2, 0.25) is 0 Å². The van der Waals surface area contributed by atoms with Gasteiger partial charge in [-0.15, -0.1) is 0 Å². The highest BCUT2D eigenvalue weighted by Gasteiger charge is 2.18. The van der Waals surface area contributed by atoms with Gasteiger partial charge in [-0.05, 0) is 48.4 Å². The van der Waals surface area contributed by atoms with E-state index in [0.29, 0.717) is 18.2 Å². The summed E-state index contributed by atoms with van der Waals surface area (Å²) in [6.45, 7) is 1.52. The van der Waals surface area contributed by atoms with Crippen LogP contribution in [-0.2, 0) is 9.53 Å². The Bertz CT molecular complexity index is 654. The van der Waals surface area contributed by atoms with Crippen molar-refractivity contribution in [2.75, 3.05) is 18.5 Å². The zero-order chi connectivity index (χ0) is 14.7. The summed E-state index contributed by atoms with van der Waals surface area (Å²) in [5, 5.41) is 4.96. The normalized spacial score (nSPS) is 16.0. The Labute approximate surface area is 132 Å². The molecule has 1 aliphatic rings. The lowest BCUT2D eigenvalue weighted by atomic mass is 9.96. The fourth-order valence-electron chi connectivity index (χ4n) is 2.64. The monoisotopic (exact) mass is 348 g/mol. The fourth-order valence-corrected chi connectivity index (χ4v) is 3.02. The van der Waals surface area contributed by atoms with Gasteiger partial charge in [0.05, 0.1) is 0 Å². The number of nitrogens with zero attached hydrogens (tertiary/aromatic N) is 1. The van der Waals surface area contributed by atoms with Crippen molar-refractivity contribution in [3.63, 3.8) is 0 Å². The van der Waals surface area contributed by atoms with E-state index in [0.717, 1.165) is 41.3 Å². The van der Waals surface area contributed by atoms with Crippen molar-refractivity contribution in [2.45, 2.75) is 19.3 Å². The van der Waals surface area contributed by atoms with E-state index < -0.39 is 0 Å². The van der Waals surface area contributed by atoms with Crippen LogP contribution in [-0.4, -0.2) is 24.1 Å². The number of ether oxygens (including phenoxy) is 1. The minimum Gasteiger partial charge on any atom is -0.381 e. The first-order valence-electron chi connectivity index (χ1n) is 7.14. The largest absolute Gasteiger partial charge is 0.381 e. The molecule has 1 saturated heterocycles. The van der Waals surface area contributed by atoms with E-state index in [1.54, 1.807) is 6.20 Å². The predicted molar refractivity (Wildman–Crippen MR) is 86.2 cm³/mol. The fraction of sp³-hybridized carbons (Fsp3) is 0.375. The number of pyridine rings is 1. The van der Waals surface area contributed by atoms with Crippen molar-refractivity contribution in [3.8, 4) is 0 Å². The van der Waals surface area contributed by atoms with E-state index in [1.807, 2.05) is 24.3 Å². The van der Waals surface area contributed by atoms with Crippen molar-refractivity contribution < 1.29 is 9.53 Å². The molecular weight excluding hydrogens is 332 g/mol. The van der Waals surface area contributed by atoms with Gasteiger partial charge in [-0.1, -0.05) is 15.9 Å². The van der Waals surface area contributed by atoms with Gasteiger partial charge in [0, 0.05) is 35.7 Å². The number of hydrogen-bond donors (Lipinski definition) is 1. The summed E-state index contributed by atoms with van der Waals surface area (Å²) in [5.41, 5.74) is 0. The molecule has 110 valence electrons. The molecule has 0 radical (unpaired) electrons. The quantitative estimate of drug-likeness (QED) is 0.918. The van der Waals surface area contributed by atoms with Gasteiger partial charge < -0.3 is 10.1 Å². The standard InChI is InChI=1S/C16H17BrN2O2/c17-13-1-2-14-12(10-13)3-6-18-16(14)19-15(20)9-11-4-7-21-8-5-11/h1-3,6,10-11H,4-5,7-9H2,(H,18,19,20). The maximum atomic E-state index is 12.2. The van der Waals surface area contributed by atoms with Crippen LogP contribution < -0.4 is 5.32 Å². The molecule has 2 heterocycles. The molecule has 4 nitrogen and oxygen atoms in total. The van der Waals surface area contributed by atoms with E-state index >= 15 is 0 Å². The van der Waals surface area contributed by atoms with Gasteiger partial charge in [0.25, 0.3) is 0 Å². The van der Waals surface area contributed by atoms with Crippen LogP contribution in [0.15, 0.2) is 34.9 Å². The van der Waals surface area contributed by atoms with E-state index in [2.05, 4.69) is 26.2 Å². The summed E-state index contributed by atoms with van der Waals surface area (Å²) >= 11 is 3.45. The maximum Gasteiger partial charge on any atom is 0.225 e. The number of fused-ring (bicyclic) bond motifs is 1. The predicted octanol–water partition coefficient (Wildman–Crippen LogP) is 3.75. The molecule has 1 N–H and O–H groups in total. The highest BCUT2D eigenvalue weighted by Crippen LogP contribution is 2.25. The number of nitrogens with one attached hydrogen (secondary N) is 1. The van der Waals surface area contributed by atoms with Crippen LogP contribution in [0.1, 0.15) is 19.3 Å². The number of rotatable bonds is 3. The van der Waals surface area contributed by atoms with Crippen molar-refractivity contribution in [3.05, 3.63) is 34.9 Å². The third kappa shape index (κ3) is 3.60. The number of benzene rings is 1. The Balaban J connectivity index is 1.73. The first-order chi connectivity index (χ1) is 10.2. The minimum atomic E-state index is 0.0322. The van der Waals surface area contributed by atoms with E-state index in [9.17, 15) is 4.79 Å². The molecule has 1 amide bonds. The van der Waals surface area contributed by atoms with Gasteiger partial charge in [0.2, 0.25) is 5.91 Å².